The number of aromatic nitrogens is 1. The summed E-state index contributed by atoms with van der Waals surface area (Å²) in [5.74, 6) is -0.0950. The maximum atomic E-state index is 12.7. The second kappa shape index (κ2) is 8.16. The van der Waals surface area contributed by atoms with Crippen LogP contribution in [0.4, 0.5) is 5.69 Å². The number of carbonyl (C=O) groups excluding carboxylic acids is 1. The van der Waals surface area contributed by atoms with Crippen LogP contribution in [0.2, 0.25) is 0 Å². The fraction of sp³-hybridized carbons (Fsp3) is 0.368. The van der Waals surface area contributed by atoms with Gasteiger partial charge in [-0.25, -0.2) is 8.42 Å². The molecule has 0 spiro atoms. The van der Waals surface area contributed by atoms with Gasteiger partial charge < -0.3 is 5.32 Å². The monoisotopic (exact) mass is 388 g/mol. The summed E-state index contributed by atoms with van der Waals surface area (Å²) in [7, 11) is -3.54. The third-order valence-electron chi connectivity index (χ3n) is 4.79. The van der Waals surface area contributed by atoms with Gasteiger partial charge in [0, 0.05) is 44.3 Å². The summed E-state index contributed by atoms with van der Waals surface area (Å²) in [6, 6.07) is 10.5. The van der Waals surface area contributed by atoms with Gasteiger partial charge in [-0.2, -0.15) is 4.31 Å². The predicted molar refractivity (Wildman–Crippen MR) is 104 cm³/mol. The van der Waals surface area contributed by atoms with E-state index in [-0.39, 0.29) is 16.8 Å². The molecule has 1 saturated heterocycles. The second-order valence-corrected chi connectivity index (χ2v) is 8.60. The lowest BCUT2D eigenvalue weighted by molar-refractivity contribution is -0.121. The van der Waals surface area contributed by atoms with E-state index in [9.17, 15) is 13.2 Å². The maximum Gasteiger partial charge on any atom is 0.244 e. The molecule has 1 aliphatic rings. The molecular weight excluding hydrogens is 364 g/mol. The summed E-state index contributed by atoms with van der Waals surface area (Å²) in [5, 5.41) is 2.91. The van der Waals surface area contributed by atoms with Crippen LogP contribution in [-0.4, -0.2) is 60.7 Å². The summed E-state index contributed by atoms with van der Waals surface area (Å²) < 4.78 is 26.8. The second-order valence-electron chi connectivity index (χ2n) is 6.66. The molecule has 144 valence electrons. The van der Waals surface area contributed by atoms with E-state index >= 15 is 0 Å². The van der Waals surface area contributed by atoms with Gasteiger partial charge in [-0.3, -0.25) is 14.7 Å². The van der Waals surface area contributed by atoms with E-state index in [0.29, 0.717) is 26.2 Å². The van der Waals surface area contributed by atoms with Gasteiger partial charge in [0.1, 0.15) is 4.90 Å². The molecule has 1 aromatic heterocycles. The molecule has 2 aromatic rings. The van der Waals surface area contributed by atoms with Crippen LogP contribution in [0.15, 0.2) is 53.7 Å². The Morgan fingerprint density at radius 3 is 2.37 bits per heavy atom. The Labute approximate surface area is 160 Å². The van der Waals surface area contributed by atoms with Gasteiger partial charge in [-0.1, -0.05) is 17.7 Å². The highest BCUT2D eigenvalue weighted by atomic mass is 32.2. The largest absolute Gasteiger partial charge is 0.325 e. The summed E-state index contributed by atoms with van der Waals surface area (Å²) in [6.45, 7) is 5.53. The van der Waals surface area contributed by atoms with Gasteiger partial charge >= 0.3 is 0 Å². The molecule has 1 fully saturated rings. The lowest BCUT2D eigenvalue weighted by Gasteiger charge is -2.36. The first-order chi connectivity index (χ1) is 12.9. The highest BCUT2D eigenvalue weighted by molar-refractivity contribution is 7.89. The summed E-state index contributed by atoms with van der Waals surface area (Å²) in [6.07, 6.45) is 2.91. The van der Waals surface area contributed by atoms with Crippen LogP contribution in [0.25, 0.3) is 0 Å². The lowest BCUT2D eigenvalue weighted by Crippen LogP contribution is -2.53. The zero-order chi connectivity index (χ0) is 19.4. The van der Waals surface area contributed by atoms with Crippen LogP contribution in [0.5, 0.6) is 0 Å². The van der Waals surface area contributed by atoms with E-state index in [1.54, 1.807) is 18.3 Å². The van der Waals surface area contributed by atoms with E-state index in [2.05, 4.69) is 10.3 Å². The number of anilines is 1. The molecular formula is C19H24N4O3S. The van der Waals surface area contributed by atoms with Crippen LogP contribution in [-0.2, 0) is 14.8 Å². The average molecular weight is 388 g/mol. The molecule has 0 radical (unpaired) electrons. The molecule has 7 nitrogen and oxygen atoms in total. The number of benzene rings is 1. The van der Waals surface area contributed by atoms with Crippen molar-refractivity contribution in [1.29, 1.82) is 0 Å². The Kier molecular flexibility index (Phi) is 5.88. The molecule has 27 heavy (non-hydrogen) atoms. The number of nitrogens with one attached hydrogen (secondary N) is 1. The Bertz CT molecular complexity index is 877. The van der Waals surface area contributed by atoms with Crippen LogP contribution >= 0.6 is 0 Å². The van der Waals surface area contributed by atoms with Crippen LogP contribution < -0.4 is 5.32 Å². The molecule has 0 aliphatic carbocycles. The number of amides is 1. The number of carbonyl (C=O) groups is 1. The van der Waals surface area contributed by atoms with Gasteiger partial charge in [0.15, 0.2) is 0 Å². The SMILES string of the molecule is Cc1ccc(NC(=O)C(C)N2CCN(S(=O)(=O)c3cccnc3)CC2)cc1. The number of rotatable bonds is 5. The molecule has 1 amide bonds. The highest BCUT2D eigenvalue weighted by Gasteiger charge is 2.31. The highest BCUT2D eigenvalue weighted by Crippen LogP contribution is 2.18. The van der Waals surface area contributed by atoms with Crippen LogP contribution in [0.1, 0.15) is 12.5 Å². The van der Waals surface area contributed by atoms with Crippen molar-refractivity contribution in [2.45, 2.75) is 24.8 Å². The number of nitrogens with zero attached hydrogens (tertiary/aromatic N) is 3. The fourth-order valence-corrected chi connectivity index (χ4v) is 4.42. The molecule has 1 unspecified atom stereocenters. The first-order valence-corrected chi connectivity index (χ1v) is 10.3. The Balaban J connectivity index is 1.58. The number of hydrogen-bond acceptors (Lipinski definition) is 5. The van der Waals surface area contributed by atoms with Gasteiger partial charge in [-0.05, 0) is 38.1 Å². The molecule has 0 saturated carbocycles. The minimum absolute atomic E-state index is 0.0950. The number of hydrogen-bond donors (Lipinski definition) is 1. The average Bonchev–Trinajstić information content (AvgIpc) is 2.70. The van der Waals surface area contributed by atoms with E-state index in [4.69, 9.17) is 0 Å². The van der Waals surface area contributed by atoms with Crippen molar-refractivity contribution >= 4 is 21.6 Å². The van der Waals surface area contributed by atoms with Crippen molar-refractivity contribution in [2.24, 2.45) is 0 Å². The van der Waals surface area contributed by atoms with Gasteiger partial charge in [0.2, 0.25) is 15.9 Å². The molecule has 1 N–H and O–H groups in total. The summed E-state index contributed by atoms with van der Waals surface area (Å²) in [5.41, 5.74) is 1.89. The van der Waals surface area contributed by atoms with Crippen molar-refractivity contribution in [3.8, 4) is 0 Å². The van der Waals surface area contributed by atoms with Crippen LogP contribution in [0, 0.1) is 6.92 Å². The smallest absolute Gasteiger partial charge is 0.244 e. The zero-order valence-corrected chi connectivity index (χ0v) is 16.3. The molecule has 8 heteroatoms. The van der Waals surface area contributed by atoms with E-state index in [0.717, 1.165) is 11.3 Å². The van der Waals surface area contributed by atoms with Crippen molar-refractivity contribution in [3.05, 3.63) is 54.4 Å². The standard InChI is InChI=1S/C19H24N4O3S/c1-15-5-7-17(8-6-15)21-19(24)16(2)22-10-12-23(13-11-22)27(25,26)18-4-3-9-20-14-18/h3-9,14,16H,10-13H2,1-2H3,(H,21,24). The van der Waals surface area contributed by atoms with E-state index < -0.39 is 10.0 Å². The third-order valence-corrected chi connectivity index (χ3v) is 6.67. The Morgan fingerprint density at radius 1 is 1.11 bits per heavy atom. The van der Waals surface area contributed by atoms with Crippen molar-refractivity contribution in [2.75, 3.05) is 31.5 Å². The first-order valence-electron chi connectivity index (χ1n) is 8.90. The topological polar surface area (TPSA) is 82.6 Å². The van der Waals surface area contributed by atoms with Crippen molar-refractivity contribution in [1.82, 2.24) is 14.2 Å². The molecule has 1 aromatic carbocycles. The molecule has 1 aliphatic heterocycles. The molecule has 3 rings (SSSR count). The van der Waals surface area contributed by atoms with Gasteiger partial charge in [0.25, 0.3) is 0 Å². The normalized spacial score (nSPS) is 17.4. The predicted octanol–water partition coefficient (Wildman–Crippen LogP) is 1.72. The molecule has 1 atom stereocenters. The van der Waals surface area contributed by atoms with E-state index in [1.165, 1.54) is 10.5 Å². The van der Waals surface area contributed by atoms with Crippen molar-refractivity contribution in [3.63, 3.8) is 0 Å². The van der Waals surface area contributed by atoms with Gasteiger partial charge in [0.05, 0.1) is 6.04 Å². The Morgan fingerprint density at radius 2 is 1.78 bits per heavy atom. The molecule has 2 heterocycles. The van der Waals surface area contributed by atoms with Crippen molar-refractivity contribution < 1.29 is 13.2 Å². The fourth-order valence-electron chi connectivity index (χ4n) is 3.03. The zero-order valence-electron chi connectivity index (χ0n) is 15.5. The minimum Gasteiger partial charge on any atom is -0.325 e. The van der Waals surface area contributed by atoms with Gasteiger partial charge in [-0.15, -0.1) is 0 Å². The lowest BCUT2D eigenvalue weighted by atomic mass is 10.2. The summed E-state index contributed by atoms with van der Waals surface area (Å²) in [4.78, 5) is 18.6. The number of sulfonamides is 1. The third kappa shape index (κ3) is 4.52. The van der Waals surface area contributed by atoms with Crippen LogP contribution in [0.3, 0.4) is 0 Å². The maximum absolute atomic E-state index is 12.7. The minimum atomic E-state index is -3.54. The number of aryl methyl sites for hydroxylation is 1. The first kappa shape index (κ1) is 19.5. The quantitative estimate of drug-likeness (QED) is 0.843. The number of pyridine rings is 1. The Hall–Kier alpha value is -2.29. The summed E-state index contributed by atoms with van der Waals surface area (Å²) >= 11 is 0. The van der Waals surface area contributed by atoms with E-state index in [1.807, 2.05) is 43.0 Å². The number of piperazine rings is 1. The molecule has 0 bridgehead atoms.